The third-order valence-electron chi connectivity index (χ3n) is 4.26. The van der Waals surface area contributed by atoms with Crippen LogP contribution in [0.3, 0.4) is 0 Å². The molecule has 1 atom stereocenters. The molecule has 1 fully saturated rings. The summed E-state index contributed by atoms with van der Waals surface area (Å²) in [6, 6.07) is 5.64. The second kappa shape index (κ2) is 6.89. The first-order chi connectivity index (χ1) is 13.5. The number of aromatic nitrogens is 3. The van der Waals surface area contributed by atoms with Crippen molar-refractivity contribution in [2.45, 2.75) is 6.04 Å². The highest BCUT2D eigenvalue weighted by molar-refractivity contribution is 7.13. The molecule has 4 rings (SSSR count). The van der Waals surface area contributed by atoms with Gasteiger partial charge in [0.1, 0.15) is 23.1 Å². The monoisotopic (exact) mass is 397 g/mol. The van der Waals surface area contributed by atoms with E-state index in [-0.39, 0.29) is 16.5 Å². The number of hydrogen-bond acceptors (Lipinski definition) is 9. The van der Waals surface area contributed by atoms with Crippen molar-refractivity contribution in [2.75, 3.05) is 23.9 Å². The number of aliphatic hydroxyl groups is 1. The average molecular weight is 397 g/mol. The molecule has 1 aliphatic rings. The third-order valence-corrected chi connectivity index (χ3v) is 4.95. The van der Waals surface area contributed by atoms with Gasteiger partial charge in [-0.3, -0.25) is 19.5 Å². The largest absolute Gasteiger partial charge is 0.507 e. The number of carbonyl (C=O) groups excluding carboxylic acids is 2. The van der Waals surface area contributed by atoms with Crippen LogP contribution in [0.15, 0.2) is 52.2 Å². The molecule has 1 unspecified atom stereocenters. The summed E-state index contributed by atoms with van der Waals surface area (Å²) in [5.74, 6) is -1.10. The predicted octanol–water partition coefficient (Wildman–Crippen LogP) is 2.22. The standard InChI is InChI=1S/C18H15N5O4S/c1-22(2)12-6-5-11(27-12)14-13(15(24)10-4-3-7-19-8-10)16(25)17(26)23(14)18-21-20-9-28-18/h3-9,14,24H,1-2H3/b15-13+. The maximum absolute atomic E-state index is 12.8. The van der Waals surface area contributed by atoms with E-state index < -0.39 is 17.7 Å². The summed E-state index contributed by atoms with van der Waals surface area (Å²) in [6.07, 6.45) is 2.96. The first-order valence-electron chi connectivity index (χ1n) is 8.23. The molecule has 0 bridgehead atoms. The molecule has 4 heterocycles. The third kappa shape index (κ3) is 2.83. The Morgan fingerprint density at radius 1 is 1.29 bits per heavy atom. The zero-order valence-electron chi connectivity index (χ0n) is 14.9. The molecule has 28 heavy (non-hydrogen) atoms. The van der Waals surface area contributed by atoms with E-state index in [0.29, 0.717) is 17.2 Å². The molecular formula is C18H15N5O4S. The molecule has 3 aromatic heterocycles. The number of carbonyl (C=O) groups is 2. The van der Waals surface area contributed by atoms with Crippen molar-refractivity contribution in [1.29, 1.82) is 0 Å². The van der Waals surface area contributed by atoms with Gasteiger partial charge in [-0.15, -0.1) is 10.2 Å². The SMILES string of the molecule is CN(C)c1ccc(C2/C(=C(\O)c3cccnc3)C(=O)C(=O)N2c2nncs2)o1. The Labute approximate surface area is 163 Å². The molecule has 1 saturated heterocycles. The first-order valence-corrected chi connectivity index (χ1v) is 9.11. The number of anilines is 2. The number of furan rings is 1. The van der Waals surface area contributed by atoms with Gasteiger partial charge in [0, 0.05) is 38.1 Å². The average Bonchev–Trinajstić information content (AvgIpc) is 3.43. The maximum Gasteiger partial charge on any atom is 0.302 e. The van der Waals surface area contributed by atoms with Crippen LogP contribution in [0, 0.1) is 0 Å². The molecule has 0 aliphatic carbocycles. The van der Waals surface area contributed by atoms with E-state index in [1.807, 2.05) is 0 Å². The smallest absolute Gasteiger partial charge is 0.302 e. The Balaban J connectivity index is 1.92. The number of pyridine rings is 1. The van der Waals surface area contributed by atoms with Gasteiger partial charge in [-0.05, 0) is 18.2 Å². The lowest BCUT2D eigenvalue weighted by Gasteiger charge is -2.20. The van der Waals surface area contributed by atoms with Crippen LogP contribution in [0.4, 0.5) is 11.0 Å². The minimum absolute atomic E-state index is 0.0899. The number of aliphatic hydroxyl groups excluding tert-OH is 1. The topological polar surface area (TPSA) is 113 Å². The van der Waals surface area contributed by atoms with E-state index in [2.05, 4.69) is 15.2 Å². The summed E-state index contributed by atoms with van der Waals surface area (Å²) in [7, 11) is 3.61. The summed E-state index contributed by atoms with van der Waals surface area (Å²) >= 11 is 1.11. The molecule has 1 amide bonds. The van der Waals surface area contributed by atoms with Crippen molar-refractivity contribution < 1.29 is 19.1 Å². The molecule has 0 saturated carbocycles. The van der Waals surface area contributed by atoms with Crippen LogP contribution in [0.1, 0.15) is 17.4 Å². The first kappa shape index (κ1) is 17.9. The van der Waals surface area contributed by atoms with Gasteiger partial charge in [-0.1, -0.05) is 11.3 Å². The van der Waals surface area contributed by atoms with Crippen molar-refractivity contribution >= 4 is 39.8 Å². The Kier molecular flexibility index (Phi) is 4.40. The highest BCUT2D eigenvalue weighted by Crippen LogP contribution is 2.43. The summed E-state index contributed by atoms with van der Waals surface area (Å²) < 4.78 is 5.85. The summed E-state index contributed by atoms with van der Waals surface area (Å²) in [6.45, 7) is 0. The van der Waals surface area contributed by atoms with Gasteiger partial charge >= 0.3 is 5.91 Å². The van der Waals surface area contributed by atoms with E-state index in [1.165, 1.54) is 16.6 Å². The number of ketones is 1. The van der Waals surface area contributed by atoms with Crippen molar-refractivity contribution in [3.05, 3.63) is 59.1 Å². The minimum atomic E-state index is -0.971. The Hall–Kier alpha value is -3.53. The van der Waals surface area contributed by atoms with E-state index in [1.54, 1.807) is 49.5 Å². The fraction of sp³-hybridized carbons (Fsp3) is 0.167. The van der Waals surface area contributed by atoms with Crippen LogP contribution in [0.2, 0.25) is 0 Å². The molecule has 0 radical (unpaired) electrons. The lowest BCUT2D eigenvalue weighted by Crippen LogP contribution is -2.29. The predicted molar refractivity (Wildman–Crippen MR) is 102 cm³/mol. The molecule has 10 heteroatoms. The van der Waals surface area contributed by atoms with Crippen LogP contribution >= 0.6 is 11.3 Å². The molecule has 0 aromatic carbocycles. The maximum atomic E-state index is 12.8. The van der Waals surface area contributed by atoms with Gasteiger partial charge in [-0.25, -0.2) is 0 Å². The number of hydrogen-bond donors (Lipinski definition) is 1. The molecule has 9 nitrogen and oxygen atoms in total. The fourth-order valence-corrected chi connectivity index (χ4v) is 3.54. The van der Waals surface area contributed by atoms with Crippen molar-refractivity contribution in [1.82, 2.24) is 15.2 Å². The zero-order chi connectivity index (χ0) is 19.8. The normalized spacial score (nSPS) is 18.6. The Morgan fingerprint density at radius 3 is 2.71 bits per heavy atom. The Bertz CT molecular complexity index is 1060. The highest BCUT2D eigenvalue weighted by Gasteiger charge is 2.49. The molecular weight excluding hydrogens is 382 g/mol. The fourth-order valence-electron chi connectivity index (χ4n) is 2.96. The van der Waals surface area contributed by atoms with Gasteiger partial charge in [0.2, 0.25) is 5.13 Å². The lowest BCUT2D eigenvalue weighted by atomic mass is 10.0. The van der Waals surface area contributed by atoms with Crippen LogP contribution in [-0.4, -0.2) is 46.1 Å². The quantitative estimate of drug-likeness (QED) is 0.405. The van der Waals surface area contributed by atoms with E-state index in [9.17, 15) is 14.7 Å². The molecule has 1 N–H and O–H groups in total. The highest BCUT2D eigenvalue weighted by atomic mass is 32.1. The van der Waals surface area contributed by atoms with Gasteiger partial charge in [0.15, 0.2) is 5.88 Å². The second-order valence-electron chi connectivity index (χ2n) is 6.20. The van der Waals surface area contributed by atoms with E-state index in [0.717, 1.165) is 11.3 Å². The van der Waals surface area contributed by atoms with Crippen LogP contribution in [-0.2, 0) is 9.59 Å². The molecule has 142 valence electrons. The number of Topliss-reactive ketones (excluding diaryl/α,β-unsaturated/α-hetero) is 1. The van der Waals surface area contributed by atoms with Crippen LogP contribution in [0.25, 0.3) is 5.76 Å². The lowest BCUT2D eigenvalue weighted by molar-refractivity contribution is -0.132. The Morgan fingerprint density at radius 2 is 2.11 bits per heavy atom. The summed E-state index contributed by atoms with van der Waals surface area (Å²) in [5, 5.41) is 18.7. The van der Waals surface area contributed by atoms with Gasteiger partial charge < -0.3 is 14.4 Å². The van der Waals surface area contributed by atoms with Gasteiger partial charge in [0.05, 0.1) is 5.57 Å². The molecule has 1 aliphatic heterocycles. The van der Waals surface area contributed by atoms with Crippen molar-refractivity contribution in [3.8, 4) is 0 Å². The van der Waals surface area contributed by atoms with E-state index in [4.69, 9.17) is 4.42 Å². The van der Waals surface area contributed by atoms with Gasteiger partial charge in [-0.2, -0.15) is 0 Å². The van der Waals surface area contributed by atoms with Crippen LogP contribution < -0.4 is 9.80 Å². The summed E-state index contributed by atoms with van der Waals surface area (Å²) in [4.78, 5) is 32.5. The zero-order valence-corrected chi connectivity index (χ0v) is 15.8. The van der Waals surface area contributed by atoms with Gasteiger partial charge in [0.25, 0.3) is 5.78 Å². The van der Waals surface area contributed by atoms with E-state index >= 15 is 0 Å². The second-order valence-corrected chi connectivity index (χ2v) is 7.01. The van der Waals surface area contributed by atoms with Crippen molar-refractivity contribution in [2.24, 2.45) is 0 Å². The minimum Gasteiger partial charge on any atom is -0.507 e. The van der Waals surface area contributed by atoms with Crippen molar-refractivity contribution in [3.63, 3.8) is 0 Å². The molecule has 0 spiro atoms. The number of rotatable bonds is 4. The van der Waals surface area contributed by atoms with Crippen LogP contribution in [0.5, 0.6) is 0 Å². The molecule has 3 aromatic rings. The summed E-state index contributed by atoms with van der Waals surface area (Å²) in [5.41, 5.74) is 1.69. The number of amides is 1. The number of nitrogens with zero attached hydrogens (tertiary/aromatic N) is 5.